The van der Waals surface area contributed by atoms with Crippen LogP contribution in [-0.2, 0) is 10.0 Å². The number of nitrogens with two attached hydrogens (primary N) is 1. The van der Waals surface area contributed by atoms with E-state index in [-0.39, 0.29) is 10.7 Å². The fourth-order valence-electron chi connectivity index (χ4n) is 1.47. The predicted molar refractivity (Wildman–Crippen MR) is 78.3 cm³/mol. The third kappa shape index (κ3) is 3.24. The van der Waals surface area contributed by atoms with E-state index in [2.05, 4.69) is 25.6 Å². The summed E-state index contributed by atoms with van der Waals surface area (Å²) in [4.78, 5) is 3.84. The molecular formula is C12H12BrN3O2S. The summed E-state index contributed by atoms with van der Waals surface area (Å²) in [5.41, 5.74) is 6.87. The minimum Gasteiger partial charge on any atom is -0.384 e. The summed E-state index contributed by atoms with van der Waals surface area (Å²) >= 11 is 3.36. The number of hydrogen-bond acceptors (Lipinski definition) is 4. The van der Waals surface area contributed by atoms with Crippen LogP contribution >= 0.6 is 15.9 Å². The highest BCUT2D eigenvalue weighted by molar-refractivity contribution is 9.10. The minimum absolute atomic E-state index is 0.0715. The molecule has 0 unspecified atom stereocenters. The Kier molecular flexibility index (Phi) is 3.77. The van der Waals surface area contributed by atoms with Crippen LogP contribution < -0.4 is 10.5 Å². The van der Waals surface area contributed by atoms with E-state index in [0.717, 1.165) is 10.0 Å². The average molecular weight is 342 g/mol. The molecule has 0 atom stereocenters. The normalized spacial score (nSPS) is 11.3. The van der Waals surface area contributed by atoms with Gasteiger partial charge in [0, 0.05) is 16.4 Å². The van der Waals surface area contributed by atoms with Gasteiger partial charge >= 0.3 is 0 Å². The highest BCUT2D eigenvalue weighted by Gasteiger charge is 2.14. The molecule has 0 spiro atoms. The molecule has 0 saturated heterocycles. The molecule has 5 nitrogen and oxygen atoms in total. The zero-order valence-electron chi connectivity index (χ0n) is 10.1. The number of hydrogen-bond donors (Lipinski definition) is 2. The van der Waals surface area contributed by atoms with Crippen molar-refractivity contribution in [2.24, 2.45) is 0 Å². The molecule has 3 N–H and O–H groups in total. The van der Waals surface area contributed by atoms with E-state index in [4.69, 9.17) is 5.73 Å². The quantitative estimate of drug-likeness (QED) is 0.898. The molecule has 0 fully saturated rings. The maximum absolute atomic E-state index is 12.1. The Morgan fingerprint density at radius 2 is 2.00 bits per heavy atom. The summed E-state index contributed by atoms with van der Waals surface area (Å²) in [7, 11) is -3.64. The molecule has 0 aliphatic carbocycles. The van der Waals surface area contributed by atoms with Crippen molar-refractivity contribution in [1.82, 2.24) is 4.98 Å². The van der Waals surface area contributed by atoms with Gasteiger partial charge in [0.1, 0.15) is 10.7 Å². The monoisotopic (exact) mass is 341 g/mol. The summed E-state index contributed by atoms with van der Waals surface area (Å²) in [6.45, 7) is 1.88. The van der Waals surface area contributed by atoms with Crippen molar-refractivity contribution in [2.45, 2.75) is 11.8 Å². The third-order valence-electron chi connectivity index (χ3n) is 2.48. The molecule has 2 aromatic rings. The van der Waals surface area contributed by atoms with Gasteiger partial charge in [-0.25, -0.2) is 13.4 Å². The van der Waals surface area contributed by atoms with Gasteiger partial charge in [-0.3, -0.25) is 4.72 Å². The first kappa shape index (κ1) is 13.8. The number of benzene rings is 1. The van der Waals surface area contributed by atoms with Gasteiger partial charge in [0.25, 0.3) is 10.0 Å². The summed E-state index contributed by atoms with van der Waals surface area (Å²) in [5.74, 6) is 0.276. The molecule has 0 amide bonds. The van der Waals surface area contributed by atoms with Crippen LogP contribution in [0.4, 0.5) is 11.5 Å². The first-order chi connectivity index (χ1) is 8.88. The van der Waals surface area contributed by atoms with E-state index in [1.807, 2.05) is 6.92 Å². The van der Waals surface area contributed by atoms with E-state index in [9.17, 15) is 8.42 Å². The largest absolute Gasteiger partial charge is 0.384 e. The molecule has 2 rings (SSSR count). The Hall–Kier alpha value is -1.60. The van der Waals surface area contributed by atoms with Crippen LogP contribution in [0.5, 0.6) is 0 Å². The number of aromatic nitrogens is 1. The van der Waals surface area contributed by atoms with E-state index >= 15 is 0 Å². The number of nitrogen functional groups attached to an aromatic ring is 1. The molecule has 0 aliphatic rings. The molecule has 0 aliphatic heterocycles. The topological polar surface area (TPSA) is 85.1 Å². The van der Waals surface area contributed by atoms with Crippen molar-refractivity contribution in [3.8, 4) is 0 Å². The second kappa shape index (κ2) is 5.18. The zero-order chi connectivity index (χ0) is 14.0. The van der Waals surface area contributed by atoms with Gasteiger partial charge in [0.2, 0.25) is 0 Å². The van der Waals surface area contributed by atoms with Crippen molar-refractivity contribution in [3.63, 3.8) is 0 Å². The van der Waals surface area contributed by atoms with Crippen LogP contribution in [-0.4, -0.2) is 13.4 Å². The number of aryl methyl sites for hydroxylation is 1. The van der Waals surface area contributed by atoms with Crippen molar-refractivity contribution in [1.29, 1.82) is 0 Å². The molecule has 100 valence electrons. The molecule has 0 radical (unpaired) electrons. The lowest BCUT2D eigenvalue weighted by molar-refractivity contribution is 0.601. The van der Waals surface area contributed by atoms with Crippen molar-refractivity contribution in [2.75, 3.05) is 10.5 Å². The van der Waals surface area contributed by atoms with Crippen LogP contribution in [0, 0.1) is 6.92 Å². The number of halogens is 1. The van der Waals surface area contributed by atoms with E-state index in [0.29, 0.717) is 5.69 Å². The zero-order valence-corrected chi connectivity index (χ0v) is 12.5. The maximum Gasteiger partial charge on any atom is 0.263 e. The molecular weight excluding hydrogens is 330 g/mol. The summed E-state index contributed by atoms with van der Waals surface area (Å²) in [6.07, 6.45) is 1.23. The van der Waals surface area contributed by atoms with Crippen LogP contribution in [0.1, 0.15) is 5.56 Å². The number of pyridine rings is 1. The van der Waals surface area contributed by atoms with Crippen molar-refractivity contribution >= 4 is 37.5 Å². The second-order valence-electron chi connectivity index (χ2n) is 3.99. The van der Waals surface area contributed by atoms with E-state index < -0.39 is 10.0 Å². The Bertz CT molecular complexity index is 699. The van der Waals surface area contributed by atoms with E-state index in [1.165, 1.54) is 18.3 Å². The maximum atomic E-state index is 12.1. The number of anilines is 2. The Morgan fingerprint density at radius 1 is 1.26 bits per heavy atom. The number of rotatable bonds is 3. The van der Waals surface area contributed by atoms with Gasteiger partial charge in [0.15, 0.2) is 0 Å². The first-order valence-corrected chi connectivity index (χ1v) is 7.66. The third-order valence-corrected chi connectivity index (χ3v) is 4.74. The second-order valence-corrected chi connectivity index (χ2v) is 6.52. The standard InChI is InChI=1S/C12H12BrN3O2S/c1-8-6-9(2-4-11(8)13)16-19(17,18)10-3-5-12(14)15-7-10/h2-7,16H,1H3,(H2,14,15). The molecule has 1 heterocycles. The van der Waals surface area contributed by atoms with Gasteiger partial charge < -0.3 is 5.73 Å². The molecule has 19 heavy (non-hydrogen) atoms. The Balaban J connectivity index is 2.30. The lowest BCUT2D eigenvalue weighted by atomic mass is 10.2. The van der Waals surface area contributed by atoms with E-state index in [1.54, 1.807) is 18.2 Å². The molecule has 0 saturated carbocycles. The van der Waals surface area contributed by atoms with Crippen LogP contribution in [0.2, 0.25) is 0 Å². The molecule has 0 bridgehead atoms. The SMILES string of the molecule is Cc1cc(NS(=O)(=O)c2ccc(N)nc2)ccc1Br. The van der Waals surface area contributed by atoms with Crippen LogP contribution in [0.3, 0.4) is 0 Å². The smallest absolute Gasteiger partial charge is 0.263 e. The highest BCUT2D eigenvalue weighted by Crippen LogP contribution is 2.22. The fraction of sp³-hybridized carbons (Fsp3) is 0.0833. The molecule has 1 aromatic carbocycles. The van der Waals surface area contributed by atoms with Gasteiger partial charge in [-0.15, -0.1) is 0 Å². The lowest BCUT2D eigenvalue weighted by Gasteiger charge is -2.09. The minimum atomic E-state index is -3.64. The summed E-state index contributed by atoms with van der Waals surface area (Å²) in [6, 6.07) is 8.07. The highest BCUT2D eigenvalue weighted by atomic mass is 79.9. The Morgan fingerprint density at radius 3 is 2.58 bits per heavy atom. The lowest BCUT2D eigenvalue weighted by Crippen LogP contribution is -2.13. The number of nitrogens with zero attached hydrogens (tertiary/aromatic N) is 1. The average Bonchev–Trinajstić information content (AvgIpc) is 2.34. The van der Waals surface area contributed by atoms with Gasteiger partial charge in [0.05, 0.1) is 0 Å². The van der Waals surface area contributed by atoms with Crippen molar-refractivity contribution < 1.29 is 8.42 Å². The molecule has 1 aromatic heterocycles. The van der Waals surface area contributed by atoms with Gasteiger partial charge in [-0.1, -0.05) is 15.9 Å². The van der Waals surface area contributed by atoms with Crippen LogP contribution in [0.15, 0.2) is 45.9 Å². The summed E-state index contributed by atoms with van der Waals surface area (Å²) < 4.78 is 27.6. The molecule has 7 heteroatoms. The number of sulfonamides is 1. The first-order valence-electron chi connectivity index (χ1n) is 5.39. The Labute approximate surface area is 120 Å². The van der Waals surface area contributed by atoms with Gasteiger partial charge in [-0.2, -0.15) is 0 Å². The van der Waals surface area contributed by atoms with Crippen LogP contribution in [0.25, 0.3) is 0 Å². The van der Waals surface area contributed by atoms with Gasteiger partial charge in [-0.05, 0) is 42.8 Å². The summed E-state index contributed by atoms with van der Waals surface area (Å²) in [5, 5.41) is 0. The van der Waals surface area contributed by atoms with Crippen molar-refractivity contribution in [3.05, 3.63) is 46.6 Å². The fourth-order valence-corrected chi connectivity index (χ4v) is 2.71. The number of nitrogens with one attached hydrogen (secondary N) is 1. The predicted octanol–water partition coefficient (Wildman–Crippen LogP) is 2.54.